The number of nitrogens with zero attached hydrogens (tertiary/aromatic N) is 1. The number of carbonyl (C=O) groups is 2. The van der Waals surface area contributed by atoms with E-state index in [9.17, 15) is 18.0 Å². The number of primary sulfonamides is 1. The van der Waals surface area contributed by atoms with Gasteiger partial charge < -0.3 is 9.73 Å². The summed E-state index contributed by atoms with van der Waals surface area (Å²) in [6.07, 6.45) is 1.01. The van der Waals surface area contributed by atoms with Gasteiger partial charge in [0.25, 0.3) is 5.89 Å². The highest BCUT2D eigenvalue weighted by molar-refractivity contribution is 7.91. The van der Waals surface area contributed by atoms with Gasteiger partial charge in [0.1, 0.15) is 5.52 Å². The van der Waals surface area contributed by atoms with Crippen LogP contribution >= 0.6 is 0 Å². The van der Waals surface area contributed by atoms with Crippen LogP contribution in [0.15, 0.2) is 59.0 Å². The van der Waals surface area contributed by atoms with E-state index in [0.717, 1.165) is 5.56 Å². The first kappa shape index (κ1) is 25.6. The van der Waals surface area contributed by atoms with E-state index in [-0.39, 0.29) is 24.7 Å². The standard InChI is InChI=1S/C25H31N3O5S/c1-17(2)16-22(27-18(3)29)25(34(26,31)32,15-9-12-19-10-5-4-6-11-19)23(30)24-28-20-13-7-8-14-21(20)33-24/h4-8,10-11,13-14,17,22H,9,12,15-16H2,1-3H3,(H,27,29)(H2,26,31,32). The second-order valence-electron chi connectivity index (χ2n) is 8.97. The van der Waals surface area contributed by atoms with Crippen LogP contribution in [-0.2, 0) is 21.2 Å². The lowest BCUT2D eigenvalue weighted by Crippen LogP contribution is -2.64. The highest BCUT2D eigenvalue weighted by atomic mass is 32.2. The van der Waals surface area contributed by atoms with Gasteiger partial charge in [-0.15, -0.1) is 0 Å². The number of sulfonamides is 1. The third-order valence-corrected chi connectivity index (χ3v) is 7.57. The lowest BCUT2D eigenvalue weighted by molar-refractivity contribution is -0.119. The van der Waals surface area contributed by atoms with Gasteiger partial charge >= 0.3 is 0 Å². The van der Waals surface area contributed by atoms with E-state index < -0.39 is 32.5 Å². The van der Waals surface area contributed by atoms with Crippen LogP contribution in [0, 0.1) is 5.92 Å². The average molecular weight is 486 g/mol. The monoisotopic (exact) mass is 485 g/mol. The summed E-state index contributed by atoms with van der Waals surface area (Å²) >= 11 is 0. The summed E-state index contributed by atoms with van der Waals surface area (Å²) in [5.74, 6) is -1.66. The molecule has 1 amide bonds. The second kappa shape index (κ2) is 10.5. The van der Waals surface area contributed by atoms with Crippen molar-refractivity contribution in [3.8, 4) is 0 Å². The van der Waals surface area contributed by atoms with Gasteiger partial charge in [-0.25, -0.2) is 18.5 Å². The molecular weight excluding hydrogens is 454 g/mol. The molecule has 3 N–H and O–H groups in total. The van der Waals surface area contributed by atoms with Crippen LogP contribution < -0.4 is 10.5 Å². The van der Waals surface area contributed by atoms with Crippen molar-refractivity contribution in [2.24, 2.45) is 11.1 Å². The number of nitrogens with two attached hydrogens (primary N) is 1. The number of rotatable bonds is 11. The number of hydrogen-bond donors (Lipinski definition) is 2. The van der Waals surface area contributed by atoms with Crippen LogP contribution in [0.3, 0.4) is 0 Å². The van der Waals surface area contributed by atoms with Crippen LogP contribution in [0.2, 0.25) is 0 Å². The second-order valence-corrected chi connectivity index (χ2v) is 10.8. The molecule has 34 heavy (non-hydrogen) atoms. The SMILES string of the molecule is CC(=O)NC(CC(C)C)C(CCCc1ccccc1)(C(=O)c1nc2ccccc2o1)S(N)(=O)=O. The third-order valence-electron chi connectivity index (χ3n) is 5.88. The minimum atomic E-state index is -4.52. The molecule has 3 rings (SSSR count). The van der Waals surface area contributed by atoms with Crippen molar-refractivity contribution in [2.75, 3.05) is 0 Å². The van der Waals surface area contributed by atoms with Crippen molar-refractivity contribution in [1.82, 2.24) is 10.3 Å². The van der Waals surface area contributed by atoms with E-state index in [1.54, 1.807) is 24.3 Å². The van der Waals surface area contributed by atoms with E-state index in [2.05, 4.69) is 10.3 Å². The molecule has 0 fully saturated rings. The molecule has 1 aromatic heterocycles. The summed E-state index contributed by atoms with van der Waals surface area (Å²) in [4.78, 5) is 30.3. The number of nitrogens with one attached hydrogen (secondary N) is 1. The Balaban J connectivity index is 2.12. The van der Waals surface area contributed by atoms with Gasteiger partial charge in [-0.2, -0.15) is 0 Å². The molecule has 9 heteroatoms. The summed E-state index contributed by atoms with van der Waals surface area (Å²) < 4.78 is 30.1. The first-order valence-corrected chi connectivity index (χ1v) is 12.8. The smallest absolute Gasteiger partial charge is 0.266 e. The highest BCUT2D eigenvalue weighted by Crippen LogP contribution is 2.35. The number of hydrogen-bond acceptors (Lipinski definition) is 6. The normalized spacial score (nSPS) is 14.6. The molecule has 3 aromatic rings. The summed E-state index contributed by atoms with van der Waals surface area (Å²) in [7, 11) is -4.52. The number of fused-ring (bicyclic) bond motifs is 1. The Labute approximate surface area is 200 Å². The molecule has 0 saturated carbocycles. The topological polar surface area (TPSA) is 132 Å². The van der Waals surface area contributed by atoms with Crippen molar-refractivity contribution in [1.29, 1.82) is 0 Å². The Morgan fingerprint density at radius 3 is 2.32 bits per heavy atom. The molecule has 0 aliphatic carbocycles. The number of aryl methyl sites for hydroxylation is 1. The largest absolute Gasteiger partial charge is 0.434 e. The van der Waals surface area contributed by atoms with E-state index >= 15 is 0 Å². The molecule has 8 nitrogen and oxygen atoms in total. The zero-order chi connectivity index (χ0) is 24.9. The molecule has 0 radical (unpaired) electrons. The zero-order valence-electron chi connectivity index (χ0n) is 19.7. The van der Waals surface area contributed by atoms with E-state index in [1.807, 2.05) is 44.2 Å². The van der Waals surface area contributed by atoms with Crippen LogP contribution in [0.1, 0.15) is 56.3 Å². The molecule has 0 bridgehead atoms. The highest BCUT2D eigenvalue weighted by Gasteiger charge is 2.56. The fourth-order valence-corrected chi connectivity index (χ4v) is 5.67. The summed E-state index contributed by atoms with van der Waals surface area (Å²) in [6, 6.07) is 15.3. The number of benzene rings is 2. The molecular formula is C25H31N3O5S. The summed E-state index contributed by atoms with van der Waals surface area (Å²) in [6.45, 7) is 5.06. The number of para-hydroxylation sites is 2. The van der Waals surface area contributed by atoms with Crippen molar-refractivity contribution in [2.45, 2.75) is 57.2 Å². The van der Waals surface area contributed by atoms with Crippen LogP contribution in [0.5, 0.6) is 0 Å². The van der Waals surface area contributed by atoms with E-state index in [4.69, 9.17) is 9.56 Å². The molecule has 2 aromatic carbocycles. The van der Waals surface area contributed by atoms with Crippen molar-refractivity contribution < 1.29 is 22.4 Å². The minimum Gasteiger partial charge on any atom is -0.434 e. The number of amides is 1. The quantitative estimate of drug-likeness (QED) is 0.399. The average Bonchev–Trinajstić information content (AvgIpc) is 3.19. The Kier molecular flexibility index (Phi) is 7.89. The number of aromatic nitrogens is 1. The maximum Gasteiger partial charge on any atom is 0.266 e. The Bertz CT molecular complexity index is 1220. The van der Waals surface area contributed by atoms with Gasteiger partial charge in [0.2, 0.25) is 21.7 Å². The molecule has 0 spiro atoms. The third kappa shape index (κ3) is 5.53. The van der Waals surface area contributed by atoms with Crippen LogP contribution in [0.4, 0.5) is 0 Å². The fraction of sp³-hybridized carbons (Fsp3) is 0.400. The Morgan fingerprint density at radius 1 is 1.09 bits per heavy atom. The van der Waals surface area contributed by atoms with Crippen molar-refractivity contribution >= 4 is 32.8 Å². The first-order valence-electron chi connectivity index (χ1n) is 11.3. The van der Waals surface area contributed by atoms with Gasteiger partial charge in [-0.05, 0) is 49.3 Å². The van der Waals surface area contributed by atoms with Crippen LogP contribution in [-0.4, -0.2) is 35.9 Å². The Hall–Kier alpha value is -3.04. The maximum absolute atomic E-state index is 14.0. The molecule has 2 atom stereocenters. The predicted molar refractivity (Wildman–Crippen MR) is 131 cm³/mol. The lowest BCUT2D eigenvalue weighted by Gasteiger charge is -2.38. The summed E-state index contributed by atoms with van der Waals surface area (Å²) in [5, 5.41) is 8.51. The van der Waals surface area contributed by atoms with Crippen molar-refractivity contribution in [3.63, 3.8) is 0 Å². The first-order chi connectivity index (χ1) is 16.0. The van der Waals surface area contributed by atoms with Crippen molar-refractivity contribution in [3.05, 3.63) is 66.1 Å². The van der Waals surface area contributed by atoms with Gasteiger partial charge in [0, 0.05) is 6.92 Å². The predicted octanol–water partition coefficient (Wildman–Crippen LogP) is 3.61. The molecule has 0 saturated heterocycles. The van der Waals surface area contributed by atoms with E-state index in [0.29, 0.717) is 23.9 Å². The zero-order valence-corrected chi connectivity index (χ0v) is 20.5. The number of oxazole rings is 1. The van der Waals surface area contributed by atoms with Gasteiger partial charge in [0.05, 0.1) is 6.04 Å². The van der Waals surface area contributed by atoms with E-state index in [1.165, 1.54) is 6.92 Å². The molecule has 1 heterocycles. The summed E-state index contributed by atoms with van der Waals surface area (Å²) in [5.41, 5.74) is 1.79. The fourth-order valence-electron chi connectivity index (χ4n) is 4.35. The van der Waals surface area contributed by atoms with Gasteiger partial charge in [0.15, 0.2) is 10.3 Å². The molecule has 0 aliphatic rings. The molecule has 182 valence electrons. The number of carbonyl (C=O) groups excluding carboxylic acids is 2. The van der Waals surface area contributed by atoms with Gasteiger partial charge in [-0.1, -0.05) is 56.3 Å². The number of Topliss-reactive ketones (excluding diaryl/α,β-unsaturated/α-hetero) is 1. The minimum absolute atomic E-state index is 0.0245. The maximum atomic E-state index is 14.0. The Morgan fingerprint density at radius 2 is 1.74 bits per heavy atom. The molecule has 0 aliphatic heterocycles. The molecule has 2 unspecified atom stereocenters. The van der Waals surface area contributed by atoms with Crippen LogP contribution in [0.25, 0.3) is 11.1 Å². The van der Waals surface area contributed by atoms with Gasteiger partial charge in [-0.3, -0.25) is 9.59 Å². The lowest BCUT2D eigenvalue weighted by atomic mass is 9.83. The number of ketones is 1.